The Morgan fingerprint density at radius 1 is 0.634 bits per heavy atom. The maximum Gasteiger partial charge on any atom is 0.187 e. The summed E-state index contributed by atoms with van der Waals surface area (Å²) in [6.45, 7) is 0.501. The van der Waals surface area contributed by atoms with Crippen LogP contribution < -0.4 is 0 Å². The highest BCUT2D eigenvalue weighted by Gasteiger charge is 2.50. The second-order valence-corrected chi connectivity index (χ2v) is 10.8. The maximum absolute atomic E-state index is 10.6. The van der Waals surface area contributed by atoms with Gasteiger partial charge in [0, 0.05) is 6.61 Å². The highest BCUT2D eigenvalue weighted by molar-refractivity contribution is 4.94. The zero-order valence-electron chi connectivity index (χ0n) is 23.9. The molecule has 0 aliphatic carbocycles. The van der Waals surface area contributed by atoms with Gasteiger partial charge < -0.3 is 69.6 Å². The Bertz CT molecular complexity index is 670. The minimum Gasteiger partial charge on any atom is -0.394 e. The van der Waals surface area contributed by atoms with E-state index in [0.717, 1.165) is 25.7 Å². The van der Waals surface area contributed by atoms with Crippen molar-refractivity contribution in [3.05, 3.63) is 0 Å². The molecule has 0 saturated carbocycles. The van der Waals surface area contributed by atoms with E-state index in [1.165, 1.54) is 38.5 Å². The van der Waals surface area contributed by atoms with Crippen molar-refractivity contribution < 1.29 is 69.6 Å². The highest BCUT2D eigenvalue weighted by Crippen LogP contribution is 2.29. The summed E-state index contributed by atoms with van der Waals surface area (Å²) in [4.78, 5) is 0. The smallest absolute Gasteiger partial charge is 0.187 e. The third kappa shape index (κ3) is 11.5. The summed E-state index contributed by atoms with van der Waals surface area (Å²) in [5, 5.41) is 90.6. The lowest BCUT2D eigenvalue weighted by atomic mass is 9.97. The molecule has 12 atom stereocenters. The van der Waals surface area contributed by atoms with Crippen molar-refractivity contribution in [3.8, 4) is 0 Å². The van der Waals surface area contributed by atoms with E-state index in [2.05, 4.69) is 6.92 Å². The molecule has 0 bridgehead atoms. The Labute approximate surface area is 241 Å². The lowest BCUT2D eigenvalue weighted by molar-refractivity contribution is -0.361. The lowest BCUT2D eigenvalue weighted by Crippen LogP contribution is -2.64. The fraction of sp³-hybridized carbons (Fsp3) is 1.00. The highest BCUT2D eigenvalue weighted by atomic mass is 16.7. The van der Waals surface area contributed by atoms with Crippen LogP contribution in [0.15, 0.2) is 0 Å². The molecule has 2 rings (SSSR count). The summed E-state index contributed by atoms with van der Waals surface area (Å²) >= 11 is 0. The van der Waals surface area contributed by atoms with Crippen LogP contribution in [0, 0.1) is 0 Å². The number of aliphatic hydroxyl groups is 9. The second kappa shape index (κ2) is 19.7. The van der Waals surface area contributed by atoms with E-state index in [1.807, 2.05) is 0 Å². The molecule has 2 aliphatic heterocycles. The summed E-state index contributed by atoms with van der Waals surface area (Å²) in [6.07, 6.45) is -7.40. The number of aliphatic hydroxyl groups excluding tert-OH is 9. The van der Waals surface area contributed by atoms with Crippen LogP contribution in [0.5, 0.6) is 0 Å². The Kier molecular flexibility index (Phi) is 17.6. The first-order chi connectivity index (χ1) is 19.7. The van der Waals surface area contributed by atoms with Gasteiger partial charge in [-0.3, -0.25) is 0 Å². The standard InChI is InChI=1S/C27H52O14/c1-2-3-4-5-6-7-8-9-10-11-12-37-25(36)16(30)15-38-26-23(35)21(33)24(18(14-29)40-26)41-27-22(34)20(32)19(31)17(13-28)39-27/h16-36H,2-15H2,1H3/t16?,17-,18-,19-,20+,21-,22-,23-,24-,25?,26+,27-/m1/s1. The third-order valence-corrected chi connectivity index (χ3v) is 7.51. The van der Waals surface area contributed by atoms with E-state index in [0.29, 0.717) is 0 Å². The van der Waals surface area contributed by atoms with Crippen LogP contribution in [0.1, 0.15) is 71.1 Å². The van der Waals surface area contributed by atoms with Crippen molar-refractivity contribution in [2.24, 2.45) is 0 Å². The molecule has 0 aromatic carbocycles. The van der Waals surface area contributed by atoms with Crippen LogP contribution in [0.25, 0.3) is 0 Å². The molecule has 0 spiro atoms. The Morgan fingerprint density at radius 3 is 1.76 bits per heavy atom. The lowest BCUT2D eigenvalue weighted by Gasteiger charge is -2.46. The zero-order chi connectivity index (χ0) is 30.4. The normalized spacial score (nSPS) is 35.9. The molecule has 9 N–H and O–H groups in total. The molecular formula is C27H52O14. The van der Waals surface area contributed by atoms with Crippen molar-refractivity contribution >= 4 is 0 Å². The SMILES string of the molecule is CCCCCCCCCCCCOC(O)C(O)CO[C@H]1O[C@H](CO)[C@@H](O[C@H]2O[C@H](CO)[C@@H](O)[C@H](O)[C@H]2O)[C@H](O)[C@H]1O. The fourth-order valence-electron chi connectivity index (χ4n) is 4.87. The van der Waals surface area contributed by atoms with E-state index >= 15 is 0 Å². The molecule has 0 amide bonds. The zero-order valence-corrected chi connectivity index (χ0v) is 23.9. The molecule has 2 unspecified atom stereocenters. The van der Waals surface area contributed by atoms with Crippen LogP contribution in [0.2, 0.25) is 0 Å². The quantitative estimate of drug-likeness (QED) is 0.0557. The predicted octanol–water partition coefficient (Wildman–Crippen LogP) is -1.76. The monoisotopic (exact) mass is 600 g/mol. The number of ether oxygens (including phenoxy) is 5. The Balaban J connectivity index is 1.71. The molecule has 0 radical (unpaired) electrons. The van der Waals surface area contributed by atoms with Gasteiger partial charge in [0.05, 0.1) is 19.8 Å². The van der Waals surface area contributed by atoms with Gasteiger partial charge in [0.1, 0.15) is 54.9 Å². The molecule has 2 saturated heterocycles. The largest absolute Gasteiger partial charge is 0.394 e. The van der Waals surface area contributed by atoms with Crippen molar-refractivity contribution in [1.29, 1.82) is 0 Å². The number of hydrogen-bond acceptors (Lipinski definition) is 14. The second-order valence-electron chi connectivity index (χ2n) is 10.8. The first-order valence-electron chi connectivity index (χ1n) is 14.8. The number of rotatable bonds is 20. The average molecular weight is 601 g/mol. The van der Waals surface area contributed by atoms with Crippen LogP contribution in [0.4, 0.5) is 0 Å². The molecule has 14 heteroatoms. The van der Waals surface area contributed by atoms with Crippen LogP contribution in [-0.4, -0.2) is 146 Å². The van der Waals surface area contributed by atoms with Gasteiger partial charge in [-0.1, -0.05) is 64.7 Å². The van der Waals surface area contributed by atoms with Crippen LogP contribution in [-0.2, 0) is 23.7 Å². The van der Waals surface area contributed by atoms with E-state index in [9.17, 15) is 46.0 Å². The molecular weight excluding hydrogens is 548 g/mol. The van der Waals surface area contributed by atoms with Gasteiger partial charge in [-0.25, -0.2) is 0 Å². The minimum absolute atomic E-state index is 0.250. The van der Waals surface area contributed by atoms with E-state index in [4.69, 9.17) is 23.7 Å². The topological polar surface area (TPSA) is 228 Å². The van der Waals surface area contributed by atoms with E-state index in [-0.39, 0.29) is 6.61 Å². The molecule has 0 aromatic rings. The molecule has 2 aliphatic rings. The van der Waals surface area contributed by atoms with Gasteiger partial charge in [-0.15, -0.1) is 0 Å². The summed E-state index contributed by atoms with van der Waals surface area (Å²) < 4.78 is 26.8. The Hall–Kier alpha value is -0.560. The van der Waals surface area contributed by atoms with Crippen molar-refractivity contribution in [2.45, 2.75) is 145 Å². The minimum atomic E-state index is -1.78. The maximum atomic E-state index is 10.6. The molecule has 41 heavy (non-hydrogen) atoms. The predicted molar refractivity (Wildman–Crippen MR) is 142 cm³/mol. The van der Waals surface area contributed by atoms with Crippen molar-refractivity contribution in [1.82, 2.24) is 0 Å². The van der Waals surface area contributed by atoms with E-state index < -0.39 is 93.6 Å². The van der Waals surface area contributed by atoms with E-state index in [1.54, 1.807) is 0 Å². The van der Waals surface area contributed by atoms with Gasteiger partial charge in [0.2, 0.25) is 0 Å². The third-order valence-electron chi connectivity index (χ3n) is 7.51. The van der Waals surface area contributed by atoms with Gasteiger partial charge in [0.15, 0.2) is 18.9 Å². The summed E-state index contributed by atoms with van der Waals surface area (Å²) in [5.41, 5.74) is 0. The first-order valence-corrected chi connectivity index (χ1v) is 14.8. The van der Waals surface area contributed by atoms with Gasteiger partial charge >= 0.3 is 0 Å². The molecule has 14 nitrogen and oxygen atoms in total. The summed E-state index contributed by atoms with van der Waals surface area (Å²) in [5.74, 6) is 0. The molecule has 244 valence electrons. The molecule has 2 heterocycles. The van der Waals surface area contributed by atoms with Gasteiger partial charge in [-0.2, -0.15) is 0 Å². The van der Waals surface area contributed by atoms with Gasteiger partial charge in [-0.05, 0) is 6.42 Å². The van der Waals surface area contributed by atoms with Gasteiger partial charge in [0.25, 0.3) is 0 Å². The number of unbranched alkanes of at least 4 members (excludes halogenated alkanes) is 9. The molecule has 2 fully saturated rings. The Morgan fingerprint density at radius 2 is 1.17 bits per heavy atom. The summed E-state index contributed by atoms with van der Waals surface area (Å²) in [6, 6.07) is 0. The molecule has 0 aromatic heterocycles. The average Bonchev–Trinajstić information content (AvgIpc) is 2.97. The van der Waals surface area contributed by atoms with Crippen molar-refractivity contribution in [3.63, 3.8) is 0 Å². The fourth-order valence-corrected chi connectivity index (χ4v) is 4.87. The summed E-state index contributed by atoms with van der Waals surface area (Å²) in [7, 11) is 0. The van der Waals surface area contributed by atoms with Crippen LogP contribution >= 0.6 is 0 Å². The number of hydrogen-bond donors (Lipinski definition) is 9. The first kappa shape index (κ1) is 36.6. The van der Waals surface area contributed by atoms with Crippen molar-refractivity contribution in [2.75, 3.05) is 26.4 Å². The van der Waals surface area contributed by atoms with Crippen LogP contribution in [0.3, 0.4) is 0 Å².